The first-order valence-corrected chi connectivity index (χ1v) is 15.4. The Hall–Kier alpha value is -0.470. The lowest BCUT2D eigenvalue weighted by Gasteiger charge is -2.26. The first-order chi connectivity index (χ1) is 17.0. The number of hydrogen-bond acceptors (Lipinski definition) is 8. The predicted molar refractivity (Wildman–Crippen MR) is 145 cm³/mol. The van der Waals surface area contributed by atoms with Crippen molar-refractivity contribution in [3.05, 3.63) is 0 Å². The fraction of sp³-hybridized carbons (Fsp3) is 0.923. The van der Waals surface area contributed by atoms with E-state index in [2.05, 4.69) is 18.5 Å². The third-order valence-corrected chi connectivity index (χ3v) is 7.47. The minimum atomic E-state index is -2.77. The van der Waals surface area contributed by atoms with Gasteiger partial charge in [0.05, 0.1) is 26.4 Å². The van der Waals surface area contributed by atoms with Gasteiger partial charge in [0.2, 0.25) is 0 Å². The molecule has 0 saturated carbocycles. The molecule has 0 rings (SSSR count). The van der Waals surface area contributed by atoms with Crippen molar-refractivity contribution in [3.8, 4) is 0 Å². The molecule has 0 heterocycles. The number of hydrogen-bond donors (Lipinski definition) is 2. The van der Waals surface area contributed by atoms with E-state index in [1.807, 2.05) is 14.0 Å². The highest BCUT2D eigenvalue weighted by Crippen LogP contribution is 2.48. The van der Waals surface area contributed by atoms with Gasteiger partial charge in [0.15, 0.2) is 6.29 Å². The number of rotatable bonds is 28. The summed E-state index contributed by atoms with van der Waals surface area (Å²) in [5.74, 6) is 0. The van der Waals surface area contributed by atoms with Crippen LogP contribution in [0.25, 0.3) is 0 Å². The lowest BCUT2D eigenvalue weighted by atomic mass is 10.0. The van der Waals surface area contributed by atoms with E-state index in [4.69, 9.17) is 23.0 Å². The molecule has 9 heteroatoms. The summed E-state index contributed by atoms with van der Waals surface area (Å²) in [5, 5.41) is 13.1. The summed E-state index contributed by atoms with van der Waals surface area (Å²) in [7, 11) is -0.950. The number of unbranched alkanes of at least 4 members (excludes halogenated alkanes) is 12. The molecule has 2 unspecified atom stereocenters. The molecule has 8 nitrogen and oxygen atoms in total. The Labute approximate surface area is 215 Å². The number of carbonyl (C=O) groups excluding carboxylic acids is 1. The smallest absolute Gasteiger partial charge is 0.293 e. The lowest BCUT2D eigenvalue weighted by molar-refractivity contribution is -0.154. The van der Waals surface area contributed by atoms with E-state index in [1.54, 1.807) is 0 Å². The lowest BCUT2D eigenvalue weighted by Crippen LogP contribution is -2.28. The molecule has 0 bridgehead atoms. The molecule has 0 radical (unpaired) electrons. The van der Waals surface area contributed by atoms with Crippen LogP contribution >= 0.6 is 7.57 Å². The van der Waals surface area contributed by atoms with Crippen molar-refractivity contribution in [2.45, 2.75) is 116 Å². The summed E-state index contributed by atoms with van der Waals surface area (Å²) >= 11 is 0. The maximum absolute atomic E-state index is 10.9. The first-order valence-electron chi connectivity index (χ1n) is 13.7. The highest BCUT2D eigenvalue weighted by atomic mass is 31.2. The van der Waals surface area contributed by atoms with E-state index < -0.39 is 20.0 Å². The number of aliphatic hydroxyl groups is 1. The molecule has 0 fully saturated rings. The fourth-order valence-electron chi connectivity index (χ4n) is 3.64. The Bertz CT molecular complexity index is 510. The second kappa shape index (κ2) is 25.2. The Morgan fingerprint density at radius 2 is 1.43 bits per heavy atom. The van der Waals surface area contributed by atoms with Gasteiger partial charge in [-0.25, -0.2) is 0 Å². The van der Waals surface area contributed by atoms with Gasteiger partial charge in [0.25, 0.3) is 14.0 Å². The van der Waals surface area contributed by atoms with E-state index in [9.17, 15) is 9.90 Å². The predicted octanol–water partition coefficient (Wildman–Crippen LogP) is 5.83. The summed E-state index contributed by atoms with van der Waals surface area (Å²) < 4.78 is 27.5. The molecule has 0 spiro atoms. The van der Waals surface area contributed by atoms with Crippen molar-refractivity contribution in [2.75, 3.05) is 40.0 Å². The quantitative estimate of drug-likeness (QED) is 0.0573. The maximum Gasteiger partial charge on any atom is 0.293 e. The van der Waals surface area contributed by atoms with Crippen molar-refractivity contribution in [2.24, 2.45) is 0 Å². The highest BCUT2D eigenvalue weighted by molar-refractivity contribution is 7.59. The summed E-state index contributed by atoms with van der Waals surface area (Å²) in [6.07, 6.45) is 19.6. The second-order valence-corrected chi connectivity index (χ2v) is 10.9. The van der Waals surface area contributed by atoms with E-state index in [0.29, 0.717) is 32.7 Å². The standard InChI is InChI=1S/C26H54NO7P/c1-5-7-8-9-10-11-12-13-14-15-16-17-18-19-26(29)30-22-25(31-24-28)23-34-35(4,32-6-2)33-21-20-27-3/h24-27,29H,4-23H2,1-3H3/t25-,26?,35?/m0/s1. The SMILES string of the molecule is C=P(OCC)(OCCNC)OC[C@H](COC(O)CCCCCCCCCCCCCCC)OC=O. The first kappa shape index (κ1) is 34.5. The van der Waals surface area contributed by atoms with Gasteiger partial charge in [0.1, 0.15) is 6.10 Å². The van der Waals surface area contributed by atoms with Crippen molar-refractivity contribution >= 4 is 20.3 Å². The van der Waals surface area contributed by atoms with Gasteiger partial charge >= 0.3 is 0 Å². The molecule has 0 aliphatic heterocycles. The van der Waals surface area contributed by atoms with E-state index >= 15 is 0 Å². The molecule has 2 N–H and O–H groups in total. The van der Waals surface area contributed by atoms with Gasteiger partial charge in [-0.05, 0) is 33.1 Å². The van der Waals surface area contributed by atoms with Gasteiger partial charge in [-0.15, -0.1) is 0 Å². The minimum absolute atomic E-state index is 0.0149. The number of likely N-dealkylation sites (N-methyl/N-ethyl adjacent to an activating group) is 1. The average Bonchev–Trinajstić information content (AvgIpc) is 2.84. The fourth-order valence-corrected chi connectivity index (χ4v) is 5.02. The van der Waals surface area contributed by atoms with Crippen LogP contribution in [0.15, 0.2) is 0 Å². The van der Waals surface area contributed by atoms with Crippen molar-refractivity contribution in [1.82, 2.24) is 5.32 Å². The molecule has 35 heavy (non-hydrogen) atoms. The molecular weight excluding hydrogens is 469 g/mol. The summed E-state index contributed by atoms with van der Waals surface area (Å²) in [6.45, 7) is 5.90. The average molecular weight is 524 g/mol. The summed E-state index contributed by atoms with van der Waals surface area (Å²) in [4.78, 5) is 10.9. The topological polar surface area (TPSA) is 95.5 Å². The Balaban J connectivity index is 3.90. The van der Waals surface area contributed by atoms with Gasteiger partial charge < -0.3 is 33.5 Å². The number of aliphatic hydroxyl groups excluding tert-OH is 1. The molecule has 0 aliphatic carbocycles. The largest absolute Gasteiger partial charge is 0.460 e. The van der Waals surface area contributed by atoms with Crippen molar-refractivity contribution in [1.29, 1.82) is 0 Å². The van der Waals surface area contributed by atoms with E-state index in [0.717, 1.165) is 12.8 Å². The normalized spacial score (nSPS) is 15.0. The Kier molecular flexibility index (Phi) is 24.9. The number of ether oxygens (including phenoxy) is 2. The molecule has 0 saturated heterocycles. The van der Waals surface area contributed by atoms with Crippen LogP contribution in [-0.4, -0.2) is 70.3 Å². The van der Waals surface area contributed by atoms with Gasteiger partial charge in [0, 0.05) is 6.54 Å². The molecule has 3 atom stereocenters. The van der Waals surface area contributed by atoms with Crippen LogP contribution in [0.2, 0.25) is 0 Å². The Morgan fingerprint density at radius 3 is 1.94 bits per heavy atom. The van der Waals surface area contributed by atoms with Gasteiger partial charge in [-0.3, -0.25) is 4.79 Å². The maximum atomic E-state index is 10.9. The molecular formula is C26H54NO7P. The van der Waals surface area contributed by atoms with Crippen molar-refractivity contribution < 1.29 is 32.9 Å². The van der Waals surface area contributed by atoms with Crippen LogP contribution in [-0.2, 0) is 27.8 Å². The summed E-state index contributed by atoms with van der Waals surface area (Å²) in [5.41, 5.74) is 0. The second-order valence-electron chi connectivity index (χ2n) is 8.93. The molecule has 0 aliphatic rings. The van der Waals surface area contributed by atoms with Crippen LogP contribution in [0.4, 0.5) is 0 Å². The highest BCUT2D eigenvalue weighted by Gasteiger charge is 2.21. The Morgan fingerprint density at radius 1 is 0.857 bits per heavy atom. The van der Waals surface area contributed by atoms with Crippen LogP contribution in [0.3, 0.4) is 0 Å². The molecule has 0 aromatic carbocycles. The molecule has 210 valence electrons. The van der Waals surface area contributed by atoms with Crippen LogP contribution < -0.4 is 5.32 Å². The number of nitrogens with one attached hydrogen (secondary N) is 1. The molecule has 0 aromatic rings. The summed E-state index contributed by atoms with van der Waals surface area (Å²) in [6, 6.07) is 0. The molecule has 0 amide bonds. The minimum Gasteiger partial charge on any atom is -0.460 e. The zero-order valence-corrected chi connectivity index (χ0v) is 23.6. The monoisotopic (exact) mass is 523 g/mol. The van der Waals surface area contributed by atoms with Gasteiger partial charge in [-0.2, -0.15) is 0 Å². The van der Waals surface area contributed by atoms with Gasteiger partial charge in [-0.1, -0.05) is 84.0 Å². The van der Waals surface area contributed by atoms with Crippen LogP contribution in [0, 0.1) is 0 Å². The van der Waals surface area contributed by atoms with Crippen molar-refractivity contribution in [3.63, 3.8) is 0 Å². The zero-order valence-electron chi connectivity index (χ0n) is 22.7. The third kappa shape index (κ3) is 22.5. The number of carbonyl (C=O) groups is 1. The van der Waals surface area contributed by atoms with Crippen LogP contribution in [0.5, 0.6) is 0 Å². The van der Waals surface area contributed by atoms with E-state index in [1.165, 1.54) is 70.6 Å². The zero-order chi connectivity index (χ0) is 26.0. The van der Waals surface area contributed by atoms with E-state index in [-0.39, 0.29) is 13.2 Å². The third-order valence-electron chi connectivity index (χ3n) is 5.70. The van der Waals surface area contributed by atoms with Crippen LogP contribution in [0.1, 0.15) is 104 Å². The molecule has 0 aromatic heterocycles.